The summed E-state index contributed by atoms with van der Waals surface area (Å²) in [6.07, 6.45) is 0. The van der Waals surface area contributed by atoms with E-state index < -0.39 is 0 Å². The lowest BCUT2D eigenvalue weighted by Gasteiger charge is -2.22. The third-order valence-electron chi connectivity index (χ3n) is 3.32. The minimum atomic E-state index is 0.0583. The van der Waals surface area contributed by atoms with Gasteiger partial charge >= 0.3 is 0 Å². The number of nitrogens with one attached hydrogen (secondary N) is 1. The molecule has 2 aromatic rings. The molecule has 21 heavy (non-hydrogen) atoms. The molecule has 0 fully saturated rings. The molecule has 2 rings (SSSR count). The number of aromatic hydroxyl groups is 1. The van der Waals surface area contributed by atoms with Crippen LogP contribution in [-0.2, 0) is 6.54 Å². The molecule has 0 aliphatic heterocycles. The number of aryl methyl sites for hydroxylation is 2. The van der Waals surface area contributed by atoms with Crippen LogP contribution in [0.1, 0.15) is 37.7 Å². The average molecular weight is 285 g/mol. The molecule has 0 aliphatic carbocycles. The van der Waals surface area contributed by atoms with E-state index in [4.69, 9.17) is 0 Å². The van der Waals surface area contributed by atoms with Gasteiger partial charge in [0, 0.05) is 34.6 Å². The van der Waals surface area contributed by atoms with Gasteiger partial charge in [-0.25, -0.2) is 9.97 Å². The van der Waals surface area contributed by atoms with Crippen LogP contribution >= 0.6 is 0 Å². The first kappa shape index (κ1) is 15.4. The number of nitrogens with zero attached hydrogens (tertiary/aromatic N) is 2. The maximum absolute atomic E-state index is 9.58. The lowest BCUT2D eigenvalue weighted by molar-refractivity contribution is 0.422. The highest BCUT2D eigenvalue weighted by Gasteiger charge is 2.14. The number of hydrogen-bond acceptors (Lipinski definition) is 4. The molecule has 0 spiro atoms. The van der Waals surface area contributed by atoms with Crippen molar-refractivity contribution in [2.24, 2.45) is 0 Å². The second kappa shape index (κ2) is 5.82. The van der Waals surface area contributed by atoms with E-state index in [1.54, 1.807) is 18.2 Å². The monoisotopic (exact) mass is 285 g/mol. The van der Waals surface area contributed by atoms with Gasteiger partial charge in [0.1, 0.15) is 5.75 Å². The molecule has 0 atom stereocenters. The van der Waals surface area contributed by atoms with E-state index in [-0.39, 0.29) is 11.3 Å². The fraction of sp³-hybridized carbons (Fsp3) is 0.412. The number of phenolic OH excluding ortho intramolecular Hbond substituents is 1. The SMILES string of the molecule is Cc1nc(-c2cccc(O)c2)nc(C)c1CNC(C)(C)C. The summed E-state index contributed by atoms with van der Waals surface area (Å²) >= 11 is 0. The predicted molar refractivity (Wildman–Crippen MR) is 85.2 cm³/mol. The van der Waals surface area contributed by atoms with E-state index in [1.165, 1.54) is 0 Å². The minimum Gasteiger partial charge on any atom is -0.508 e. The van der Waals surface area contributed by atoms with Gasteiger partial charge in [-0.15, -0.1) is 0 Å². The molecule has 0 unspecified atom stereocenters. The van der Waals surface area contributed by atoms with Crippen molar-refractivity contribution in [2.75, 3.05) is 0 Å². The summed E-state index contributed by atoms with van der Waals surface area (Å²) in [5, 5.41) is 13.0. The summed E-state index contributed by atoms with van der Waals surface area (Å²) in [5.41, 5.74) is 3.96. The minimum absolute atomic E-state index is 0.0583. The molecule has 0 bridgehead atoms. The Kier molecular flexibility index (Phi) is 4.28. The topological polar surface area (TPSA) is 58.0 Å². The first-order chi connectivity index (χ1) is 9.76. The Balaban J connectivity index is 2.33. The van der Waals surface area contributed by atoms with Gasteiger partial charge in [0.05, 0.1) is 0 Å². The van der Waals surface area contributed by atoms with Crippen molar-refractivity contribution in [3.8, 4) is 17.1 Å². The largest absolute Gasteiger partial charge is 0.508 e. The number of phenols is 1. The Labute approximate surface area is 126 Å². The zero-order valence-electron chi connectivity index (χ0n) is 13.4. The molecular formula is C17H23N3O. The van der Waals surface area contributed by atoms with Crippen molar-refractivity contribution in [1.82, 2.24) is 15.3 Å². The van der Waals surface area contributed by atoms with Crippen LogP contribution in [-0.4, -0.2) is 20.6 Å². The van der Waals surface area contributed by atoms with E-state index in [9.17, 15) is 5.11 Å². The van der Waals surface area contributed by atoms with Gasteiger partial charge in [0.15, 0.2) is 5.82 Å². The van der Waals surface area contributed by atoms with Gasteiger partial charge < -0.3 is 10.4 Å². The normalized spacial score (nSPS) is 11.7. The number of aromatic nitrogens is 2. The van der Waals surface area contributed by atoms with Crippen molar-refractivity contribution in [2.45, 2.75) is 46.7 Å². The first-order valence-electron chi connectivity index (χ1n) is 7.15. The lowest BCUT2D eigenvalue weighted by atomic mass is 10.1. The highest BCUT2D eigenvalue weighted by atomic mass is 16.3. The molecule has 0 radical (unpaired) electrons. The van der Waals surface area contributed by atoms with Gasteiger partial charge in [-0.3, -0.25) is 0 Å². The van der Waals surface area contributed by atoms with Crippen LogP contribution < -0.4 is 5.32 Å². The number of benzene rings is 1. The fourth-order valence-corrected chi connectivity index (χ4v) is 2.12. The number of hydrogen-bond donors (Lipinski definition) is 2. The van der Waals surface area contributed by atoms with Crippen molar-refractivity contribution in [1.29, 1.82) is 0 Å². The molecule has 1 aromatic carbocycles. The van der Waals surface area contributed by atoms with Gasteiger partial charge in [-0.1, -0.05) is 12.1 Å². The molecular weight excluding hydrogens is 262 g/mol. The second-order valence-corrected chi connectivity index (χ2v) is 6.35. The standard InChI is InChI=1S/C17H23N3O/c1-11-15(10-18-17(3,4)5)12(2)20-16(19-11)13-7-6-8-14(21)9-13/h6-9,18,21H,10H2,1-5H3. The zero-order valence-corrected chi connectivity index (χ0v) is 13.4. The van der Waals surface area contributed by atoms with E-state index in [1.807, 2.05) is 19.9 Å². The van der Waals surface area contributed by atoms with Gasteiger partial charge in [-0.05, 0) is 46.8 Å². The Morgan fingerprint density at radius 2 is 1.71 bits per heavy atom. The third-order valence-corrected chi connectivity index (χ3v) is 3.32. The smallest absolute Gasteiger partial charge is 0.159 e. The van der Waals surface area contributed by atoms with Crippen LogP contribution in [0.15, 0.2) is 24.3 Å². The Bertz CT molecular complexity index is 622. The Morgan fingerprint density at radius 3 is 2.24 bits per heavy atom. The average Bonchev–Trinajstić information content (AvgIpc) is 2.36. The molecule has 4 nitrogen and oxygen atoms in total. The molecule has 1 aromatic heterocycles. The first-order valence-corrected chi connectivity index (χ1v) is 7.15. The molecule has 0 amide bonds. The van der Waals surface area contributed by atoms with Crippen molar-refractivity contribution in [3.63, 3.8) is 0 Å². The highest BCUT2D eigenvalue weighted by Crippen LogP contribution is 2.22. The van der Waals surface area contributed by atoms with Crippen LogP contribution in [0.25, 0.3) is 11.4 Å². The van der Waals surface area contributed by atoms with Gasteiger partial charge in [0.25, 0.3) is 0 Å². The predicted octanol–water partition coefficient (Wildman–Crippen LogP) is 3.35. The van der Waals surface area contributed by atoms with Crippen molar-refractivity contribution < 1.29 is 5.11 Å². The van der Waals surface area contributed by atoms with Crippen molar-refractivity contribution >= 4 is 0 Å². The van der Waals surface area contributed by atoms with E-state index in [2.05, 4.69) is 36.1 Å². The van der Waals surface area contributed by atoms with Gasteiger partial charge in [-0.2, -0.15) is 0 Å². The zero-order chi connectivity index (χ0) is 15.6. The Hall–Kier alpha value is -1.94. The van der Waals surface area contributed by atoms with E-state index in [0.717, 1.165) is 29.1 Å². The molecule has 1 heterocycles. The van der Waals surface area contributed by atoms with Crippen LogP contribution in [0.2, 0.25) is 0 Å². The lowest BCUT2D eigenvalue weighted by Crippen LogP contribution is -2.35. The molecule has 2 N–H and O–H groups in total. The number of rotatable bonds is 3. The summed E-state index contributed by atoms with van der Waals surface area (Å²) in [4.78, 5) is 9.17. The summed E-state index contributed by atoms with van der Waals surface area (Å²) in [6.45, 7) is 11.2. The van der Waals surface area contributed by atoms with Crippen LogP contribution in [0.3, 0.4) is 0 Å². The van der Waals surface area contributed by atoms with Crippen LogP contribution in [0.4, 0.5) is 0 Å². The molecule has 4 heteroatoms. The molecule has 0 saturated heterocycles. The Morgan fingerprint density at radius 1 is 1.10 bits per heavy atom. The fourth-order valence-electron chi connectivity index (χ4n) is 2.12. The summed E-state index contributed by atoms with van der Waals surface area (Å²) in [6, 6.07) is 7.03. The third kappa shape index (κ3) is 4.02. The van der Waals surface area contributed by atoms with E-state index in [0.29, 0.717) is 5.82 Å². The maximum Gasteiger partial charge on any atom is 0.159 e. The van der Waals surface area contributed by atoms with Crippen LogP contribution in [0, 0.1) is 13.8 Å². The van der Waals surface area contributed by atoms with Crippen LogP contribution in [0.5, 0.6) is 5.75 Å². The molecule has 0 aliphatic rings. The summed E-state index contributed by atoms with van der Waals surface area (Å²) in [5.74, 6) is 0.880. The van der Waals surface area contributed by atoms with Gasteiger partial charge in [0.2, 0.25) is 0 Å². The maximum atomic E-state index is 9.58. The van der Waals surface area contributed by atoms with Crippen molar-refractivity contribution in [3.05, 3.63) is 41.2 Å². The molecule has 0 saturated carbocycles. The quantitative estimate of drug-likeness (QED) is 0.908. The molecule has 112 valence electrons. The summed E-state index contributed by atoms with van der Waals surface area (Å²) in [7, 11) is 0. The summed E-state index contributed by atoms with van der Waals surface area (Å²) < 4.78 is 0. The highest BCUT2D eigenvalue weighted by molar-refractivity contribution is 5.58. The second-order valence-electron chi connectivity index (χ2n) is 6.35. The van der Waals surface area contributed by atoms with E-state index >= 15 is 0 Å².